The fourth-order valence-corrected chi connectivity index (χ4v) is 4.02. The molecule has 174 valence electrons. The van der Waals surface area contributed by atoms with Crippen LogP contribution in [0.1, 0.15) is 18.9 Å². The highest BCUT2D eigenvalue weighted by Crippen LogP contribution is 2.29. The first-order valence-electron chi connectivity index (χ1n) is 10.3. The molecule has 0 saturated heterocycles. The Morgan fingerprint density at radius 3 is 2.58 bits per heavy atom. The Kier molecular flexibility index (Phi) is 8.49. The van der Waals surface area contributed by atoms with Crippen molar-refractivity contribution in [2.75, 3.05) is 43.0 Å². The first kappa shape index (κ1) is 24.8. The van der Waals surface area contributed by atoms with Crippen LogP contribution in [0.5, 0.6) is 0 Å². The van der Waals surface area contributed by atoms with Crippen molar-refractivity contribution in [3.05, 3.63) is 58.9 Å². The Balaban J connectivity index is 1.76. The van der Waals surface area contributed by atoms with Crippen molar-refractivity contribution in [3.63, 3.8) is 0 Å². The van der Waals surface area contributed by atoms with Gasteiger partial charge in [0.15, 0.2) is 5.82 Å². The molecule has 1 aromatic heterocycles. The molecule has 0 aliphatic rings. The molecule has 0 spiro atoms. The zero-order valence-electron chi connectivity index (χ0n) is 18.7. The highest BCUT2D eigenvalue weighted by Gasteiger charge is 2.15. The Morgan fingerprint density at radius 2 is 1.91 bits per heavy atom. The van der Waals surface area contributed by atoms with Gasteiger partial charge in [0.25, 0.3) is 0 Å². The maximum Gasteiger partial charge on any atom is 0.163 e. The van der Waals surface area contributed by atoms with E-state index in [-0.39, 0.29) is 11.6 Å². The zero-order chi connectivity index (χ0) is 24.0. The number of hydrogen-bond donors (Lipinski definition) is 4. The lowest BCUT2D eigenvalue weighted by Crippen LogP contribution is -2.18. The molecule has 0 unspecified atom stereocenters. The first-order chi connectivity index (χ1) is 15.7. The summed E-state index contributed by atoms with van der Waals surface area (Å²) in [4.78, 5) is 11.6. The van der Waals surface area contributed by atoms with Gasteiger partial charge in [0, 0.05) is 28.5 Å². The van der Waals surface area contributed by atoms with E-state index >= 15 is 0 Å². The van der Waals surface area contributed by atoms with Gasteiger partial charge in [-0.05, 0) is 88.4 Å². The zero-order valence-corrected chi connectivity index (χ0v) is 20.3. The van der Waals surface area contributed by atoms with E-state index in [9.17, 15) is 4.39 Å². The molecule has 0 atom stereocenters. The molecule has 33 heavy (non-hydrogen) atoms. The van der Waals surface area contributed by atoms with Gasteiger partial charge in [-0.1, -0.05) is 11.6 Å². The lowest BCUT2D eigenvalue weighted by atomic mass is 10.1. The van der Waals surface area contributed by atoms with Gasteiger partial charge in [-0.3, -0.25) is 0 Å². The Morgan fingerprint density at radius 1 is 1.18 bits per heavy atom. The number of nitrogens with one attached hydrogen (secondary N) is 3. The summed E-state index contributed by atoms with van der Waals surface area (Å²) in [6.07, 6.45) is 0.925. The molecule has 7 nitrogen and oxygen atoms in total. The van der Waals surface area contributed by atoms with Crippen LogP contribution in [0.3, 0.4) is 0 Å². The molecule has 3 rings (SSSR count). The van der Waals surface area contributed by atoms with Gasteiger partial charge in [-0.2, -0.15) is 0 Å². The summed E-state index contributed by atoms with van der Waals surface area (Å²) in [7, 11) is 4.05. The highest BCUT2D eigenvalue weighted by atomic mass is 35.5. The van der Waals surface area contributed by atoms with Gasteiger partial charge in [0.05, 0.1) is 10.5 Å². The second-order valence-corrected chi connectivity index (χ2v) is 9.01. The molecular formula is C23H27ClFN7S. The van der Waals surface area contributed by atoms with E-state index in [1.165, 1.54) is 12.1 Å². The van der Waals surface area contributed by atoms with Crippen LogP contribution in [-0.2, 0) is 0 Å². The van der Waals surface area contributed by atoms with Crippen molar-refractivity contribution in [3.8, 4) is 11.4 Å². The first-order valence-corrected chi connectivity index (χ1v) is 11.5. The normalized spacial score (nSPS) is 11.0. The fraction of sp³-hybridized carbons (Fsp3) is 0.261. The molecule has 1 heterocycles. The van der Waals surface area contributed by atoms with Crippen molar-refractivity contribution < 1.29 is 4.39 Å². The largest absolute Gasteiger partial charge is 0.383 e. The average Bonchev–Trinajstić information content (AvgIpc) is 2.77. The van der Waals surface area contributed by atoms with Gasteiger partial charge in [0.1, 0.15) is 17.5 Å². The third kappa shape index (κ3) is 6.80. The summed E-state index contributed by atoms with van der Waals surface area (Å²) >= 11 is 7.09. The van der Waals surface area contributed by atoms with E-state index in [4.69, 9.17) is 22.7 Å². The molecule has 0 fully saturated rings. The Hall–Kier alpha value is -2.88. The topological polar surface area (TPSA) is 103 Å². The van der Waals surface area contributed by atoms with Crippen LogP contribution < -0.4 is 15.8 Å². The average molecular weight is 488 g/mol. The number of nitrogens with two attached hydrogens (primary N) is 1. The van der Waals surface area contributed by atoms with Crippen molar-refractivity contribution in [1.29, 1.82) is 5.41 Å². The number of halogens is 2. The molecule has 0 aliphatic heterocycles. The predicted octanol–water partition coefficient (Wildman–Crippen LogP) is 5.39. The number of anilines is 3. The van der Waals surface area contributed by atoms with Gasteiger partial charge < -0.3 is 26.1 Å². The van der Waals surface area contributed by atoms with Crippen molar-refractivity contribution in [2.24, 2.45) is 0 Å². The third-order valence-corrected chi connectivity index (χ3v) is 5.81. The van der Waals surface area contributed by atoms with E-state index in [0.29, 0.717) is 39.4 Å². The second-order valence-electron chi connectivity index (χ2n) is 7.72. The van der Waals surface area contributed by atoms with Crippen molar-refractivity contribution in [2.45, 2.75) is 18.2 Å². The number of nitrogen functional groups attached to an aromatic ring is 1. The Bertz CT molecular complexity index is 1120. The molecule has 5 N–H and O–H groups in total. The molecular weight excluding hydrogens is 461 g/mol. The third-order valence-electron chi connectivity index (χ3n) is 4.70. The molecule has 0 amide bonds. The summed E-state index contributed by atoms with van der Waals surface area (Å²) in [5.74, 6) is 0.937. The lowest BCUT2D eigenvalue weighted by Gasteiger charge is -2.15. The fourth-order valence-electron chi connectivity index (χ4n) is 3.06. The lowest BCUT2D eigenvalue weighted by molar-refractivity contribution is 0.405. The minimum atomic E-state index is -0.343. The van der Waals surface area contributed by atoms with E-state index < -0.39 is 0 Å². The van der Waals surface area contributed by atoms with Crippen LogP contribution in [-0.4, -0.2) is 47.8 Å². The van der Waals surface area contributed by atoms with Gasteiger partial charge >= 0.3 is 0 Å². The van der Waals surface area contributed by atoms with Crippen LogP contribution in [0.15, 0.2) is 47.4 Å². The number of aromatic nitrogens is 2. The summed E-state index contributed by atoms with van der Waals surface area (Å²) in [5.41, 5.74) is 8.56. The summed E-state index contributed by atoms with van der Waals surface area (Å²) < 4.78 is 17.0. The van der Waals surface area contributed by atoms with Gasteiger partial charge in [-0.15, -0.1) is 0 Å². The maximum atomic E-state index is 13.9. The molecule has 0 saturated carbocycles. The smallest absolute Gasteiger partial charge is 0.163 e. The molecule has 0 aliphatic carbocycles. The molecule has 2 aromatic carbocycles. The quantitative estimate of drug-likeness (QED) is 0.173. The SMILES string of the molecule is CC(=N)c1c(N)nc(-c2ccc(NSc3cc(Cl)ccc3F)cc2)nc1NCCCN(C)C. The standard InChI is InChI=1S/C23H27ClFN7S/c1-14(26)20-21(27)29-22(30-23(20)28-11-4-12-32(2)3)15-5-8-17(9-6-15)31-33-19-13-16(24)7-10-18(19)25/h5-10,13,26,31H,4,11-12H2,1-3H3,(H3,27,28,29,30). The number of nitrogens with zero attached hydrogens (tertiary/aromatic N) is 3. The van der Waals surface area contributed by atoms with Gasteiger partial charge in [0.2, 0.25) is 0 Å². The van der Waals surface area contributed by atoms with Crippen molar-refractivity contribution >= 4 is 46.6 Å². The van der Waals surface area contributed by atoms with Crippen LogP contribution >= 0.6 is 23.5 Å². The molecule has 0 radical (unpaired) electrons. The summed E-state index contributed by atoms with van der Waals surface area (Å²) in [5, 5.41) is 11.8. The summed E-state index contributed by atoms with van der Waals surface area (Å²) in [6, 6.07) is 11.8. The predicted molar refractivity (Wildman–Crippen MR) is 137 cm³/mol. The van der Waals surface area contributed by atoms with Crippen LogP contribution in [0.2, 0.25) is 5.02 Å². The molecule has 10 heteroatoms. The monoisotopic (exact) mass is 487 g/mol. The maximum absolute atomic E-state index is 13.9. The molecule has 3 aromatic rings. The minimum absolute atomic E-state index is 0.261. The number of hydrogen-bond acceptors (Lipinski definition) is 8. The van der Waals surface area contributed by atoms with E-state index in [2.05, 4.69) is 24.9 Å². The van der Waals surface area contributed by atoms with Crippen LogP contribution in [0.25, 0.3) is 11.4 Å². The second kappa shape index (κ2) is 11.3. The van der Waals surface area contributed by atoms with E-state index in [0.717, 1.165) is 36.2 Å². The number of benzene rings is 2. The van der Waals surface area contributed by atoms with Crippen LogP contribution in [0, 0.1) is 11.2 Å². The van der Waals surface area contributed by atoms with E-state index in [1.807, 2.05) is 38.4 Å². The van der Waals surface area contributed by atoms with Gasteiger partial charge in [-0.25, -0.2) is 14.4 Å². The van der Waals surface area contributed by atoms with Crippen LogP contribution in [0.4, 0.5) is 21.7 Å². The summed E-state index contributed by atoms with van der Waals surface area (Å²) in [6.45, 7) is 3.31. The van der Waals surface area contributed by atoms with E-state index in [1.54, 1.807) is 13.0 Å². The molecule has 0 bridgehead atoms. The minimum Gasteiger partial charge on any atom is -0.383 e. The van der Waals surface area contributed by atoms with Crippen molar-refractivity contribution in [1.82, 2.24) is 14.9 Å². The highest BCUT2D eigenvalue weighted by molar-refractivity contribution is 8.00. The number of rotatable bonds is 10. The Labute approximate surface area is 202 Å².